The van der Waals surface area contributed by atoms with Crippen LogP contribution in [-0.2, 0) is 11.2 Å². The number of nitrogens with two attached hydrogens (primary N) is 2. The van der Waals surface area contributed by atoms with Crippen molar-refractivity contribution < 1.29 is 19.5 Å². The van der Waals surface area contributed by atoms with Crippen molar-refractivity contribution in [1.29, 1.82) is 0 Å². The van der Waals surface area contributed by atoms with Gasteiger partial charge in [-0.1, -0.05) is 19.1 Å². The molecule has 1 heterocycles. The second-order valence-electron chi connectivity index (χ2n) is 5.18. The van der Waals surface area contributed by atoms with Crippen molar-refractivity contribution in [2.24, 2.45) is 0 Å². The van der Waals surface area contributed by atoms with Crippen LogP contribution in [-0.4, -0.2) is 34.3 Å². The van der Waals surface area contributed by atoms with Crippen molar-refractivity contribution in [2.45, 2.75) is 13.3 Å². The van der Waals surface area contributed by atoms with Crippen molar-refractivity contribution in [3.05, 3.63) is 41.6 Å². The molecule has 0 aliphatic carbocycles. The van der Waals surface area contributed by atoms with Gasteiger partial charge >= 0.3 is 0 Å². The highest BCUT2D eigenvalue weighted by Gasteiger charge is 2.11. The number of hydrogen-bond acceptors (Lipinski definition) is 8. The van der Waals surface area contributed by atoms with E-state index in [0.29, 0.717) is 23.6 Å². The van der Waals surface area contributed by atoms with E-state index in [9.17, 15) is 4.79 Å². The van der Waals surface area contributed by atoms with Crippen LogP contribution in [0.15, 0.2) is 30.3 Å². The zero-order valence-electron chi connectivity index (χ0n) is 14.3. The van der Waals surface area contributed by atoms with Crippen LogP contribution in [0.5, 0.6) is 11.5 Å². The van der Waals surface area contributed by atoms with Crippen LogP contribution in [0.25, 0.3) is 6.08 Å². The van der Waals surface area contributed by atoms with Gasteiger partial charge in [-0.3, -0.25) is 10.0 Å². The quantitative estimate of drug-likeness (QED) is 0.238. The smallest absolute Gasteiger partial charge is 0.267 e. The van der Waals surface area contributed by atoms with E-state index in [1.54, 1.807) is 30.3 Å². The molecular formula is C17H21N5O4. The standard InChI is InChI=1S/C17H21N5O4/c1-2-13-15(16(18)21-17(19)20-13)26-9-8-25-12-5-3-4-11(10-12)6-7-14(23)22-24/h3-7,10,24H,2,8-9H2,1H3,(H,22,23)(H4,18,19,20,21). The predicted molar refractivity (Wildman–Crippen MR) is 96.6 cm³/mol. The number of hydrogen-bond donors (Lipinski definition) is 4. The molecular weight excluding hydrogens is 338 g/mol. The molecule has 0 radical (unpaired) electrons. The Labute approximate surface area is 150 Å². The fourth-order valence-corrected chi connectivity index (χ4v) is 2.15. The van der Waals surface area contributed by atoms with Crippen molar-refractivity contribution in [3.8, 4) is 11.5 Å². The molecule has 138 valence electrons. The Bertz CT molecular complexity index is 795. The zero-order chi connectivity index (χ0) is 18.9. The van der Waals surface area contributed by atoms with Gasteiger partial charge in [0.1, 0.15) is 19.0 Å². The average molecular weight is 359 g/mol. The van der Waals surface area contributed by atoms with Gasteiger partial charge in [0.15, 0.2) is 11.6 Å². The lowest BCUT2D eigenvalue weighted by Crippen LogP contribution is -2.14. The summed E-state index contributed by atoms with van der Waals surface area (Å²) >= 11 is 0. The van der Waals surface area contributed by atoms with Crippen LogP contribution in [0, 0.1) is 0 Å². The van der Waals surface area contributed by atoms with Gasteiger partial charge in [-0.2, -0.15) is 4.98 Å². The second-order valence-corrected chi connectivity index (χ2v) is 5.18. The molecule has 0 saturated carbocycles. The lowest BCUT2D eigenvalue weighted by molar-refractivity contribution is -0.124. The molecule has 6 N–H and O–H groups in total. The number of anilines is 2. The molecule has 0 bridgehead atoms. The lowest BCUT2D eigenvalue weighted by Gasteiger charge is -2.13. The van der Waals surface area contributed by atoms with Gasteiger partial charge in [0, 0.05) is 6.08 Å². The number of aryl methyl sites for hydroxylation is 1. The van der Waals surface area contributed by atoms with Crippen molar-refractivity contribution in [1.82, 2.24) is 15.4 Å². The van der Waals surface area contributed by atoms with Gasteiger partial charge < -0.3 is 20.9 Å². The SMILES string of the molecule is CCc1nc(N)nc(N)c1OCCOc1cccc(C=CC(=O)NO)c1. The third-order valence-corrected chi connectivity index (χ3v) is 3.31. The predicted octanol–water partition coefficient (Wildman–Crippen LogP) is 1.18. The topological polar surface area (TPSA) is 146 Å². The fraction of sp³-hybridized carbons (Fsp3) is 0.235. The van der Waals surface area contributed by atoms with Gasteiger partial charge in [-0.25, -0.2) is 10.5 Å². The summed E-state index contributed by atoms with van der Waals surface area (Å²) in [5.74, 6) is 0.723. The van der Waals surface area contributed by atoms with E-state index in [0.717, 1.165) is 5.56 Å². The highest BCUT2D eigenvalue weighted by Crippen LogP contribution is 2.24. The summed E-state index contributed by atoms with van der Waals surface area (Å²) in [5.41, 5.74) is 14.3. The Morgan fingerprint density at radius 1 is 1.27 bits per heavy atom. The molecule has 26 heavy (non-hydrogen) atoms. The Kier molecular flexibility index (Phi) is 6.75. The molecule has 0 spiro atoms. The maximum Gasteiger partial charge on any atom is 0.267 e. The first-order chi connectivity index (χ1) is 12.5. The van der Waals surface area contributed by atoms with E-state index < -0.39 is 5.91 Å². The van der Waals surface area contributed by atoms with E-state index in [2.05, 4.69) is 9.97 Å². The first kappa shape index (κ1) is 19.0. The Balaban J connectivity index is 1.91. The lowest BCUT2D eigenvalue weighted by atomic mass is 10.2. The molecule has 0 atom stereocenters. The van der Waals surface area contributed by atoms with E-state index in [4.69, 9.17) is 26.1 Å². The van der Waals surface area contributed by atoms with E-state index in [-0.39, 0.29) is 25.0 Å². The van der Waals surface area contributed by atoms with Gasteiger partial charge in [-0.05, 0) is 30.2 Å². The zero-order valence-corrected chi connectivity index (χ0v) is 14.3. The van der Waals surface area contributed by atoms with Crippen LogP contribution in [0.4, 0.5) is 11.8 Å². The molecule has 9 heteroatoms. The third kappa shape index (κ3) is 5.35. The minimum Gasteiger partial charge on any atom is -0.490 e. The number of amides is 1. The summed E-state index contributed by atoms with van der Waals surface area (Å²) in [5, 5.41) is 8.46. The van der Waals surface area contributed by atoms with Crippen LogP contribution in [0.3, 0.4) is 0 Å². The largest absolute Gasteiger partial charge is 0.490 e. The molecule has 0 saturated heterocycles. The Morgan fingerprint density at radius 2 is 2.04 bits per heavy atom. The van der Waals surface area contributed by atoms with Gasteiger partial charge in [0.2, 0.25) is 5.95 Å². The van der Waals surface area contributed by atoms with Gasteiger partial charge in [0.25, 0.3) is 5.91 Å². The highest BCUT2D eigenvalue weighted by molar-refractivity contribution is 5.90. The Hall–Kier alpha value is -3.33. The number of carbonyl (C=O) groups is 1. The number of ether oxygens (including phenoxy) is 2. The van der Waals surface area contributed by atoms with E-state index >= 15 is 0 Å². The van der Waals surface area contributed by atoms with Crippen LogP contribution >= 0.6 is 0 Å². The molecule has 2 aromatic rings. The maximum absolute atomic E-state index is 11.0. The molecule has 9 nitrogen and oxygen atoms in total. The minimum absolute atomic E-state index is 0.114. The van der Waals surface area contributed by atoms with E-state index in [1.807, 2.05) is 6.92 Å². The summed E-state index contributed by atoms with van der Waals surface area (Å²) in [4.78, 5) is 19.0. The third-order valence-electron chi connectivity index (χ3n) is 3.31. The number of rotatable bonds is 8. The number of aromatic nitrogens is 2. The molecule has 0 aliphatic heterocycles. The summed E-state index contributed by atoms with van der Waals surface area (Å²) in [6.07, 6.45) is 3.37. The number of carbonyl (C=O) groups excluding carboxylic acids is 1. The van der Waals surface area contributed by atoms with Gasteiger partial charge in [-0.15, -0.1) is 0 Å². The molecule has 0 fully saturated rings. The van der Waals surface area contributed by atoms with Crippen molar-refractivity contribution >= 4 is 23.7 Å². The number of nitrogen functional groups attached to an aromatic ring is 2. The monoisotopic (exact) mass is 359 g/mol. The molecule has 0 aliphatic rings. The average Bonchev–Trinajstić information content (AvgIpc) is 2.64. The first-order valence-electron chi connectivity index (χ1n) is 7.93. The maximum atomic E-state index is 11.0. The number of nitrogens with one attached hydrogen (secondary N) is 1. The second kappa shape index (κ2) is 9.23. The summed E-state index contributed by atoms with van der Waals surface area (Å²) in [7, 11) is 0. The number of benzene rings is 1. The number of hydroxylamine groups is 1. The number of nitrogens with zero attached hydrogens (tertiary/aromatic N) is 2. The Morgan fingerprint density at radius 3 is 2.77 bits per heavy atom. The first-order valence-corrected chi connectivity index (χ1v) is 7.93. The molecule has 1 aromatic heterocycles. The highest BCUT2D eigenvalue weighted by atomic mass is 16.5. The molecule has 2 rings (SSSR count). The van der Waals surface area contributed by atoms with Gasteiger partial charge in [0.05, 0.1) is 5.69 Å². The minimum atomic E-state index is -0.611. The van der Waals surface area contributed by atoms with Crippen molar-refractivity contribution in [3.63, 3.8) is 0 Å². The molecule has 1 aromatic carbocycles. The normalized spacial score (nSPS) is 10.7. The van der Waals surface area contributed by atoms with Crippen LogP contribution < -0.4 is 26.4 Å². The summed E-state index contributed by atoms with van der Waals surface area (Å²) in [6.45, 7) is 2.44. The molecule has 1 amide bonds. The van der Waals surface area contributed by atoms with Crippen LogP contribution in [0.2, 0.25) is 0 Å². The van der Waals surface area contributed by atoms with E-state index in [1.165, 1.54) is 11.6 Å². The summed E-state index contributed by atoms with van der Waals surface area (Å²) in [6, 6.07) is 7.11. The summed E-state index contributed by atoms with van der Waals surface area (Å²) < 4.78 is 11.3. The fourth-order valence-electron chi connectivity index (χ4n) is 2.15. The molecule has 0 unspecified atom stereocenters. The van der Waals surface area contributed by atoms with Crippen LogP contribution in [0.1, 0.15) is 18.2 Å². The van der Waals surface area contributed by atoms with Crippen molar-refractivity contribution in [2.75, 3.05) is 24.7 Å².